The number of nitrogens with one attached hydrogen (secondary N) is 1. The molecule has 19 heavy (non-hydrogen) atoms. The van der Waals surface area contributed by atoms with E-state index in [-0.39, 0.29) is 0 Å². The van der Waals surface area contributed by atoms with Crippen molar-refractivity contribution in [1.82, 2.24) is 14.6 Å². The molecular formula is C15H22N4. The van der Waals surface area contributed by atoms with Gasteiger partial charge < -0.3 is 5.32 Å². The van der Waals surface area contributed by atoms with Crippen LogP contribution in [0, 0.1) is 23.7 Å². The highest BCUT2D eigenvalue weighted by Gasteiger charge is 2.64. The first-order valence-electron chi connectivity index (χ1n) is 6.90. The maximum atomic E-state index is 4.51. The highest BCUT2D eigenvalue weighted by Crippen LogP contribution is 2.68. The molecule has 2 aromatic heterocycles. The third kappa shape index (κ3) is 1.73. The predicted molar refractivity (Wildman–Crippen MR) is 77.3 cm³/mol. The normalized spacial score (nSPS) is 20.7. The lowest BCUT2D eigenvalue weighted by atomic mass is 10.0. The summed E-state index contributed by atoms with van der Waals surface area (Å²) in [4.78, 5) is 4.51. The van der Waals surface area contributed by atoms with Gasteiger partial charge in [-0.1, -0.05) is 33.8 Å². The van der Waals surface area contributed by atoms with Crippen molar-refractivity contribution in [2.75, 3.05) is 11.9 Å². The van der Waals surface area contributed by atoms with Gasteiger partial charge in [-0.25, -0.2) is 4.52 Å². The Morgan fingerprint density at radius 1 is 1.21 bits per heavy atom. The zero-order valence-corrected chi connectivity index (χ0v) is 12.4. The molecule has 3 rings (SSSR count). The third-order valence-corrected chi connectivity index (χ3v) is 5.33. The monoisotopic (exact) mass is 258 g/mol. The molecule has 4 nitrogen and oxygen atoms in total. The van der Waals surface area contributed by atoms with Crippen molar-refractivity contribution in [1.29, 1.82) is 0 Å². The molecule has 0 saturated heterocycles. The summed E-state index contributed by atoms with van der Waals surface area (Å²) in [5.41, 5.74) is 2.80. The SMILES string of the molecule is Cc1cccc2nc(NCC3C(C)(C)C3(C)C)nn12. The summed E-state index contributed by atoms with van der Waals surface area (Å²) in [6.45, 7) is 12.3. The number of nitrogens with zero attached hydrogens (tertiary/aromatic N) is 3. The zero-order valence-electron chi connectivity index (χ0n) is 12.4. The standard InChI is InChI=1S/C15H22N4/c1-10-7-6-8-12-17-13(18-19(10)12)16-9-11-14(2,3)15(11,4)5/h6-8,11H,9H2,1-5H3,(H,16,18). The Morgan fingerprint density at radius 3 is 2.47 bits per heavy atom. The van der Waals surface area contributed by atoms with E-state index in [0.29, 0.717) is 16.7 Å². The molecule has 1 aliphatic rings. The highest BCUT2D eigenvalue weighted by molar-refractivity contribution is 5.44. The second-order valence-electron chi connectivity index (χ2n) is 6.75. The van der Waals surface area contributed by atoms with Gasteiger partial charge in [0, 0.05) is 12.2 Å². The topological polar surface area (TPSA) is 42.2 Å². The summed E-state index contributed by atoms with van der Waals surface area (Å²) in [6.07, 6.45) is 0. The van der Waals surface area contributed by atoms with Crippen LogP contribution in [0.2, 0.25) is 0 Å². The van der Waals surface area contributed by atoms with Crippen LogP contribution in [0.25, 0.3) is 5.65 Å². The van der Waals surface area contributed by atoms with E-state index >= 15 is 0 Å². The molecule has 1 N–H and O–H groups in total. The maximum Gasteiger partial charge on any atom is 0.243 e. The fraction of sp³-hybridized carbons (Fsp3) is 0.600. The highest BCUT2D eigenvalue weighted by atomic mass is 15.4. The van der Waals surface area contributed by atoms with Crippen LogP contribution in [0.1, 0.15) is 33.4 Å². The minimum atomic E-state index is 0.398. The molecule has 0 aliphatic heterocycles. The number of aromatic nitrogens is 3. The van der Waals surface area contributed by atoms with Gasteiger partial charge in [-0.05, 0) is 35.8 Å². The van der Waals surface area contributed by atoms with E-state index in [1.165, 1.54) is 0 Å². The minimum Gasteiger partial charge on any atom is -0.353 e. The molecule has 4 heteroatoms. The van der Waals surface area contributed by atoms with Crippen molar-refractivity contribution in [3.8, 4) is 0 Å². The van der Waals surface area contributed by atoms with E-state index in [2.05, 4.69) is 43.1 Å². The van der Waals surface area contributed by atoms with Crippen LogP contribution < -0.4 is 5.32 Å². The number of aryl methyl sites for hydroxylation is 1. The van der Waals surface area contributed by atoms with Crippen LogP contribution in [-0.4, -0.2) is 21.1 Å². The van der Waals surface area contributed by atoms with E-state index < -0.39 is 0 Å². The van der Waals surface area contributed by atoms with Crippen LogP contribution in [0.5, 0.6) is 0 Å². The Hall–Kier alpha value is -1.58. The molecule has 2 heterocycles. The lowest BCUT2D eigenvalue weighted by Crippen LogP contribution is -2.09. The third-order valence-electron chi connectivity index (χ3n) is 5.33. The Labute approximate surface area is 114 Å². The molecule has 0 amide bonds. The second kappa shape index (κ2) is 3.71. The van der Waals surface area contributed by atoms with Crippen LogP contribution in [-0.2, 0) is 0 Å². The van der Waals surface area contributed by atoms with Crippen molar-refractivity contribution in [3.63, 3.8) is 0 Å². The lowest BCUT2D eigenvalue weighted by Gasteiger charge is -2.04. The average molecular weight is 258 g/mol. The van der Waals surface area contributed by atoms with Gasteiger partial charge in [0.05, 0.1) is 0 Å². The molecule has 0 aromatic carbocycles. The number of pyridine rings is 1. The van der Waals surface area contributed by atoms with Crippen molar-refractivity contribution < 1.29 is 0 Å². The molecule has 1 saturated carbocycles. The van der Waals surface area contributed by atoms with Crippen LogP contribution in [0.4, 0.5) is 5.95 Å². The molecule has 1 fully saturated rings. The Balaban J connectivity index is 1.75. The predicted octanol–water partition coefficient (Wildman–Crippen LogP) is 3.13. The molecule has 2 aromatic rings. The molecule has 102 valence electrons. The smallest absolute Gasteiger partial charge is 0.243 e. The Kier molecular flexibility index (Phi) is 2.43. The Morgan fingerprint density at radius 2 is 1.89 bits per heavy atom. The molecule has 0 atom stereocenters. The summed E-state index contributed by atoms with van der Waals surface area (Å²) in [6, 6.07) is 6.03. The summed E-state index contributed by atoms with van der Waals surface area (Å²) < 4.78 is 1.88. The van der Waals surface area contributed by atoms with Gasteiger partial charge in [-0.3, -0.25) is 0 Å². The van der Waals surface area contributed by atoms with Crippen molar-refractivity contribution >= 4 is 11.6 Å². The first kappa shape index (κ1) is 12.5. The van der Waals surface area contributed by atoms with Gasteiger partial charge in [0.2, 0.25) is 5.95 Å². The minimum absolute atomic E-state index is 0.398. The van der Waals surface area contributed by atoms with E-state index in [1.807, 2.05) is 29.6 Å². The average Bonchev–Trinajstić information content (AvgIpc) is 2.66. The number of fused-ring (bicyclic) bond motifs is 1. The van der Waals surface area contributed by atoms with Gasteiger partial charge in [0.1, 0.15) is 0 Å². The molecule has 0 bridgehead atoms. The Bertz CT molecular complexity index is 610. The largest absolute Gasteiger partial charge is 0.353 e. The van der Waals surface area contributed by atoms with Crippen LogP contribution >= 0.6 is 0 Å². The lowest BCUT2D eigenvalue weighted by molar-refractivity contribution is 0.457. The van der Waals surface area contributed by atoms with Gasteiger partial charge in [0.15, 0.2) is 5.65 Å². The zero-order chi connectivity index (χ0) is 13.8. The fourth-order valence-electron chi connectivity index (χ4n) is 3.15. The van der Waals surface area contributed by atoms with Crippen molar-refractivity contribution in [3.05, 3.63) is 23.9 Å². The number of anilines is 1. The number of hydrogen-bond donors (Lipinski definition) is 1. The van der Waals surface area contributed by atoms with E-state index in [0.717, 1.165) is 23.8 Å². The van der Waals surface area contributed by atoms with E-state index in [9.17, 15) is 0 Å². The number of rotatable bonds is 3. The van der Waals surface area contributed by atoms with Gasteiger partial charge in [-0.2, -0.15) is 4.98 Å². The van der Waals surface area contributed by atoms with Crippen LogP contribution in [0.15, 0.2) is 18.2 Å². The summed E-state index contributed by atoms with van der Waals surface area (Å²) >= 11 is 0. The van der Waals surface area contributed by atoms with Gasteiger partial charge in [-0.15, -0.1) is 5.10 Å². The summed E-state index contributed by atoms with van der Waals surface area (Å²) in [5.74, 6) is 1.40. The molecule has 1 aliphatic carbocycles. The maximum absolute atomic E-state index is 4.51. The molecule has 0 radical (unpaired) electrons. The summed E-state index contributed by atoms with van der Waals surface area (Å²) in [5, 5.41) is 7.89. The summed E-state index contributed by atoms with van der Waals surface area (Å²) in [7, 11) is 0. The van der Waals surface area contributed by atoms with Gasteiger partial charge >= 0.3 is 0 Å². The van der Waals surface area contributed by atoms with Gasteiger partial charge in [0.25, 0.3) is 0 Å². The van der Waals surface area contributed by atoms with Crippen LogP contribution in [0.3, 0.4) is 0 Å². The van der Waals surface area contributed by atoms with Crippen molar-refractivity contribution in [2.45, 2.75) is 34.6 Å². The molecular weight excluding hydrogens is 236 g/mol. The van der Waals surface area contributed by atoms with Crippen molar-refractivity contribution in [2.24, 2.45) is 16.7 Å². The first-order chi connectivity index (χ1) is 8.84. The fourth-order valence-corrected chi connectivity index (χ4v) is 3.15. The molecule has 0 spiro atoms. The van der Waals surface area contributed by atoms with E-state index in [1.54, 1.807) is 0 Å². The second-order valence-corrected chi connectivity index (χ2v) is 6.75. The quantitative estimate of drug-likeness (QED) is 0.919. The molecule has 0 unspecified atom stereocenters. The first-order valence-corrected chi connectivity index (χ1v) is 6.90. The number of hydrogen-bond acceptors (Lipinski definition) is 3. The van der Waals surface area contributed by atoms with E-state index in [4.69, 9.17) is 0 Å².